The maximum Gasteiger partial charge on any atom is 0.416 e. The molecular formula is C29H22F3N3O3S2. The molecule has 204 valence electrons. The zero-order valence-electron chi connectivity index (χ0n) is 20.7. The molecule has 0 saturated carbocycles. The molecule has 0 saturated heterocycles. The van der Waals surface area contributed by atoms with E-state index >= 15 is 0 Å². The molecule has 6 nitrogen and oxygen atoms in total. The summed E-state index contributed by atoms with van der Waals surface area (Å²) in [6, 6.07) is 21.5. The maximum absolute atomic E-state index is 13.0. The Morgan fingerprint density at radius 2 is 1.60 bits per heavy atom. The van der Waals surface area contributed by atoms with E-state index in [1.54, 1.807) is 60.7 Å². The molecule has 3 N–H and O–H groups in total. The van der Waals surface area contributed by atoms with E-state index in [1.165, 1.54) is 35.2 Å². The molecule has 0 spiro atoms. The summed E-state index contributed by atoms with van der Waals surface area (Å²) in [5.41, 5.74) is 0.918. The highest BCUT2D eigenvalue weighted by Gasteiger charge is 2.30. The Morgan fingerprint density at radius 3 is 2.27 bits per heavy atom. The molecule has 1 aromatic heterocycles. The lowest BCUT2D eigenvalue weighted by Crippen LogP contribution is -2.30. The van der Waals surface area contributed by atoms with Crippen molar-refractivity contribution in [3.05, 3.63) is 118 Å². The first-order chi connectivity index (χ1) is 19.2. The SMILES string of the molecule is O=C(CSc1ccc(NC(=O)/C(=C/c2ccsc2)NC(=O)c2ccccc2)cc1)Nc1cccc(C(F)(F)F)c1. The fourth-order valence-corrected chi connectivity index (χ4v) is 4.73. The number of carbonyl (C=O) groups excluding carboxylic acids is 3. The van der Waals surface area contributed by atoms with Crippen LogP contribution in [0.5, 0.6) is 0 Å². The zero-order valence-corrected chi connectivity index (χ0v) is 22.3. The Morgan fingerprint density at radius 1 is 0.850 bits per heavy atom. The minimum atomic E-state index is -4.50. The molecule has 0 aliphatic carbocycles. The number of thiophene rings is 1. The van der Waals surface area contributed by atoms with Gasteiger partial charge in [0.05, 0.1) is 11.3 Å². The third-order valence-electron chi connectivity index (χ3n) is 5.34. The number of nitrogens with one attached hydrogen (secondary N) is 3. The fourth-order valence-electron chi connectivity index (χ4n) is 3.42. The van der Waals surface area contributed by atoms with Crippen LogP contribution >= 0.6 is 23.1 Å². The van der Waals surface area contributed by atoms with Crippen LogP contribution in [-0.4, -0.2) is 23.5 Å². The predicted molar refractivity (Wildman–Crippen MR) is 152 cm³/mol. The summed E-state index contributed by atoms with van der Waals surface area (Å²) in [6.07, 6.45) is -2.92. The van der Waals surface area contributed by atoms with Gasteiger partial charge in [-0.2, -0.15) is 24.5 Å². The van der Waals surface area contributed by atoms with Gasteiger partial charge in [0.15, 0.2) is 0 Å². The second-order valence-electron chi connectivity index (χ2n) is 8.33. The van der Waals surface area contributed by atoms with Gasteiger partial charge in [-0.3, -0.25) is 14.4 Å². The predicted octanol–water partition coefficient (Wildman–Crippen LogP) is 6.91. The highest BCUT2D eigenvalue weighted by Crippen LogP contribution is 2.30. The normalized spacial score (nSPS) is 11.5. The Bertz CT molecular complexity index is 1510. The first-order valence-electron chi connectivity index (χ1n) is 11.8. The summed E-state index contributed by atoms with van der Waals surface area (Å²) in [4.78, 5) is 38.7. The number of amides is 3. The van der Waals surface area contributed by atoms with Gasteiger partial charge in [-0.25, -0.2) is 0 Å². The molecule has 0 fully saturated rings. The van der Waals surface area contributed by atoms with Crippen LogP contribution < -0.4 is 16.0 Å². The molecule has 3 aromatic carbocycles. The van der Waals surface area contributed by atoms with Gasteiger partial charge >= 0.3 is 6.18 Å². The third-order valence-corrected chi connectivity index (χ3v) is 7.05. The van der Waals surface area contributed by atoms with Crippen LogP contribution in [0.3, 0.4) is 0 Å². The first kappa shape index (κ1) is 28.7. The average Bonchev–Trinajstić information content (AvgIpc) is 3.46. The topological polar surface area (TPSA) is 87.3 Å². The van der Waals surface area contributed by atoms with E-state index in [-0.39, 0.29) is 17.1 Å². The van der Waals surface area contributed by atoms with Crippen LogP contribution in [0.2, 0.25) is 0 Å². The maximum atomic E-state index is 13.0. The van der Waals surface area contributed by atoms with Crippen molar-refractivity contribution in [1.29, 1.82) is 0 Å². The summed E-state index contributed by atoms with van der Waals surface area (Å²) in [7, 11) is 0. The molecule has 0 unspecified atom stereocenters. The number of thioether (sulfide) groups is 1. The van der Waals surface area contributed by atoms with Gasteiger partial charge in [0.25, 0.3) is 11.8 Å². The summed E-state index contributed by atoms with van der Waals surface area (Å²) in [5.74, 6) is -1.43. The largest absolute Gasteiger partial charge is 0.416 e. The van der Waals surface area contributed by atoms with Crippen LogP contribution in [0, 0.1) is 0 Å². The number of anilines is 2. The number of alkyl halides is 3. The summed E-state index contributed by atoms with van der Waals surface area (Å²) < 4.78 is 38.6. The standard InChI is InChI=1S/C29H22F3N3O3S2/c30-29(31,32)21-7-4-8-23(16-21)33-26(36)18-40-24-11-9-22(10-12-24)34-28(38)25(15-19-13-14-39-17-19)35-27(37)20-5-2-1-3-6-20/h1-17H,18H2,(H,33,36)(H,34,38)(H,35,37)/b25-15-. The molecule has 0 atom stereocenters. The molecule has 3 amide bonds. The highest BCUT2D eigenvalue weighted by atomic mass is 32.2. The molecule has 0 aliphatic rings. The minimum Gasteiger partial charge on any atom is -0.325 e. The van der Waals surface area contributed by atoms with Crippen LogP contribution in [0.1, 0.15) is 21.5 Å². The molecule has 4 rings (SSSR count). The van der Waals surface area contributed by atoms with Crippen molar-refractivity contribution in [1.82, 2.24) is 5.32 Å². The van der Waals surface area contributed by atoms with Gasteiger partial charge in [-0.05, 0) is 83.1 Å². The van der Waals surface area contributed by atoms with Crippen LogP contribution in [0.4, 0.5) is 24.5 Å². The lowest BCUT2D eigenvalue weighted by molar-refractivity contribution is -0.137. The lowest BCUT2D eigenvalue weighted by atomic mass is 10.2. The van der Waals surface area contributed by atoms with Crippen LogP contribution in [0.15, 0.2) is 106 Å². The van der Waals surface area contributed by atoms with Crippen molar-refractivity contribution in [2.24, 2.45) is 0 Å². The number of hydrogen-bond donors (Lipinski definition) is 3. The third kappa shape index (κ3) is 8.32. The van der Waals surface area contributed by atoms with Crippen molar-refractivity contribution in [3.8, 4) is 0 Å². The second kappa shape index (κ2) is 13.1. The number of benzene rings is 3. The quantitative estimate of drug-likeness (QED) is 0.148. The first-order valence-corrected chi connectivity index (χ1v) is 13.7. The monoisotopic (exact) mass is 581 g/mol. The Kier molecular flexibility index (Phi) is 9.41. The Balaban J connectivity index is 1.35. The lowest BCUT2D eigenvalue weighted by Gasteiger charge is -2.12. The van der Waals surface area contributed by atoms with Crippen LogP contribution in [-0.2, 0) is 15.8 Å². The van der Waals surface area contributed by atoms with E-state index < -0.39 is 29.5 Å². The van der Waals surface area contributed by atoms with E-state index in [4.69, 9.17) is 0 Å². The molecule has 0 radical (unpaired) electrons. The van der Waals surface area contributed by atoms with Crippen molar-refractivity contribution >= 4 is 58.3 Å². The molecule has 0 bridgehead atoms. The summed E-state index contributed by atoms with van der Waals surface area (Å²) >= 11 is 2.64. The fraction of sp³-hybridized carbons (Fsp3) is 0.0690. The smallest absolute Gasteiger partial charge is 0.325 e. The molecule has 40 heavy (non-hydrogen) atoms. The number of hydrogen-bond acceptors (Lipinski definition) is 5. The van der Waals surface area contributed by atoms with Gasteiger partial charge in [-0.15, -0.1) is 11.8 Å². The van der Waals surface area contributed by atoms with E-state index in [2.05, 4.69) is 16.0 Å². The van der Waals surface area contributed by atoms with Crippen molar-refractivity contribution in [3.63, 3.8) is 0 Å². The summed E-state index contributed by atoms with van der Waals surface area (Å²) in [5, 5.41) is 11.6. The molecule has 11 heteroatoms. The van der Waals surface area contributed by atoms with Gasteiger partial charge in [0.2, 0.25) is 5.91 Å². The number of carbonyl (C=O) groups is 3. The molecule has 0 aliphatic heterocycles. The van der Waals surface area contributed by atoms with Gasteiger partial charge in [0.1, 0.15) is 5.70 Å². The van der Waals surface area contributed by atoms with Crippen molar-refractivity contribution in [2.75, 3.05) is 16.4 Å². The number of halogens is 3. The second-order valence-corrected chi connectivity index (χ2v) is 10.2. The van der Waals surface area contributed by atoms with E-state index in [1.807, 2.05) is 16.8 Å². The van der Waals surface area contributed by atoms with Crippen molar-refractivity contribution in [2.45, 2.75) is 11.1 Å². The van der Waals surface area contributed by atoms with Gasteiger partial charge in [-0.1, -0.05) is 24.3 Å². The number of rotatable bonds is 9. The molecule has 4 aromatic rings. The zero-order chi connectivity index (χ0) is 28.5. The highest BCUT2D eigenvalue weighted by molar-refractivity contribution is 8.00. The Hall–Kier alpha value is -4.35. The average molecular weight is 582 g/mol. The van der Waals surface area contributed by atoms with E-state index in [9.17, 15) is 27.6 Å². The van der Waals surface area contributed by atoms with Crippen LogP contribution in [0.25, 0.3) is 6.08 Å². The van der Waals surface area contributed by atoms with Gasteiger partial charge < -0.3 is 16.0 Å². The summed E-state index contributed by atoms with van der Waals surface area (Å²) in [6.45, 7) is 0. The van der Waals surface area contributed by atoms with Crippen molar-refractivity contribution < 1.29 is 27.6 Å². The molecule has 1 heterocycles. The minimum absolute atomic E-state index is 0.0268. The Labute approximate surface area is 236 Å². The van der Waals surface area contributed by atoms with E-state index in [0.29, 0.717) is 16.1 Å². The molecular weight excluding hydrogens is 559 g/mol. The van der Waals surface area contributed by atoms with Gasteiger partial charge in [0, 0.05) is 21.8 Å². The van der Waals surface area contributed by atoms with E-state index in [0.717, 1.165) is 17.7 Å².